The van der Waals surface area contributed by atoms with Crippen molar-refractivity contribution < 1.29 is 23.1 Å². The molecule has 1 fully saturated rings. The fraction of sp³-hybridized carbons (Fsp3) is 0.857. The van der Waals surface area contributed by atoms with Crippen LogP contribution < -0.4 is 0 Å². The van der Waals surface area contributed by atoms with Crippen LogP contribution in [0.3, 0.4) is 0 Å². The van der Waals surface area contributed by atoms with Gasteiger partial charge in [0.05, 0.1) is 5.92 Å². The SMILES string of the molecule is CC(C)(C)C(=O)N1N=C2CCCCC[C@H]2[C@@]1(O)C(F)(F)F. The minimum absolute atomic E-state index is 0.197. The van der Waals surface area contributed by atoms with Crippen LogP contribution in [0.25, 0.3) is 0 Å². The molecule has 1 saturated carbocycles. The number of nitrogens with zero attached hydrogens (tertiary/aromatic N) is 2. The molecule has 0 aromatic rings. The second-order valence-electron chi connectivity index (χ2n) is 6.83. The van der Waals surface area contributed by atoms with Crippen LogP contribution in [0.1, 0.15) is 52.9 Å². The topological polar surface area (TPSA) is 52.9 Å². The second-order valence-corrected chi connectivity index (χ2v) is 6.83. The molecule has 2 rings (SSSR count). The molecule has 0 saturated heterocycles. The van der Waals surface area contributed by atoms with Gasteiger partial charge in [-0.05, 0) is 19.3 Å². The smallest absolute Gasteiger partial charge is 0.362 e. The number of carbonyl (C=O) groups is 1. The largest absolute Gasteiger partial charge is 0.439 e. The number of hydrazone groups is 1. The predicted molar refractivity (Wildman–Crippen MR) is 71.3 cm³/mol. The Hall–Kier alpha value is -1.11. The van der Waals surface area contributed by atoms with E-state index in [-0.39, 0.29) is 6.42 Å². The van der Waals surface area contributed by atoms with Gasteiger partial charge in [-0.3, -0.25) is 4.79 Å². The van der Waals surface area contributed by atoms with Gasteiger partial charge in [-0.25, -0.2) is 0 Å². The van der Waals surface area contributed by atoms with E-state index in [4.69, 9.17) is 0 Å². The highest BCUT2D eigenvalue weighted by Crippen LogP contribution is 2.48. The molecule has 0 unspecified atom stereocenters. The maximum Gasteiger partial charge on any atom is 0.439 e. The van der Waals surface area contributed by atoms with Crippen LogP contribution in [0, 0.1) is 11.3 Å². The quantitative estimate of drug-likeness (QED) is 0.748. The maximum absolute atomic E-state index is 13.5. The Morgan fingerprint density at radius 3 is 2.43 bits per heavy atom. The predicted octanol–water partition coefficient (Wildman–Crippen LogP) is 3.06. The lowest BCUT2D eigenvalue weighted by Crippen LogP contribution is -2.62. The van der Waals surface area contributed by atoms with Crippen molar-refractivity contribution in [1.82, 2.24) is 5.01 Å². The van der Waals surface area contributed by atoms with E-state index in [0.717, 1.165) is 12.8 Å². The number of carbonyl (C=O) groups excluding carboxylic acids is 1. The first-order chi connectivity index (χ1) is 9.49. The first kappa shape index (κ1) is 16.3. The Bertz CT molecular complexity index is 468. The summed E-state index contributed by atoms with van der Waals surface area (Å²) in [5.41, 5.74) is -3.96. The number of fused-ring (bicyclic) bond motifs is 1. The molecule has 0 aromatic carbocycles. The van der Waals surface area contributed by atoms with Crippen LogP contribution in [0.5, 0.6) is 0 Å². The molecule has 1 amide bonds. The van der Waals surface area contributed by atoms with Gasteiger partial charge < -0.3 is 5.11 Å². The zero-order valence-electron chi connectivity index (χ0n) is 12.5. The molecule has 2 atom stereocenters. The van der Waals surface area contributed by atoms with Crippen LogP contribution in [0.2, 0.25) is 0 Å². The summed E-state index contributed by atoms with van der Waals surface area (Å²) in [4.78, 5) is 12.3. The minimum Gasteiger partial charge on any atom is -0.362 e. The third-order valence-corrected chi connectivity index (χ3v) is 4.12. The zero-order chi connectivity index (χ0) is 16.1. The van der Waals surface area contributed by atoms with Gasteiger partial charge in [-0.1, -0.05) is 33.6 Å². The summed E-state index contributed by atoms with van der Waals surface area (Å²) >= 11 is 0. The fourth-order valence-corrected chi connectivity index (χ4v) is 2.91. The first-order valence-corrected chi connectivity index (χ1v) is 7.20. The molecule has 1 aliphatic carbocycles. The Kier molecular flexibility index (Phi) is 3.85. The summed E-state index contributed by atoms with van der Waals surface area (Å²) in [5.74, 6) is -1.96. The lowest BCUT2D eigenvalue weighted by atomic mass is 9.86. The summed E-state index contributed by atoms with van der Waals surface area (Å²) in [6.45, 7) is 4.54. The van der Waals surface area contributed by atoms with Crippen molar-refractivity contribution in [2.75, 3.05) is 0 Å². The Morgan fingerprint density at radius 2 is 1.90 bits per heavy atom. The van der Waals surface area contributed by atoms with Crippen molar-refractivity contribution in [1.29, 1.82) is 0 Å². The van der Waals surface area contributed by atoms with E-state index in [1.54, 1.807) is 0 Å². The highest BCUT2D eigenvalue weighted by Gasteiger charge is 2.68. The summed E-state index contributed by atoms with van der Waals surface area (Å²) < 4.78 is 40.6. The van der Waals surface area contributed by atoms with Crippen molar-refractivity contribution in [3.63, 3.8) is 0 Å². The third-order valence-electron chi connectivity index (χ3n) is 4.12. The maximum atomic E-state index is 13.5. The standard InChI is InChI=1S/C14H21F3N2O2/c1-12(2,3)11(20)19-13(21,14(15,16)17)9-7-5-4-6-8-10(9)18-19/h9,21H,4-8H2,1-3H3/t9-,13-/m1/s1. The van der Waals surface area contributed by atoms with Crippen LogP contribution in [-0.4, -0.2) is 33.6 Å². The van der Waals surface area contributed by atoms with Crippen molar-refractivity contribution in [3.05, 3.63) is 0 Å². The van der Waals surface area contributed by atoms with Crippen molar-refractivity contribution in [2.24, 2.45) is 16.4 Å². The lowest BCUT2D eigenvalue weighted by Gasteiger charge is -2.39. The Morgan fingerprint density at radius 1 is 1.29 bits per heavy atom. The highest BCUT2D eigenvalue weighted by molar-refractivity contribution is 5.94. The molecule has 21 heavy (non-hydrogen) atoms. The normalized spacial score (nSPS) is 30.7. The van der Waals surface area contributed by atoms with Crippen LogP contribution in [0.15, 0.2) is 5.10 Å². The number of hydrogen-bond acceptors (Lipinski definition) is 3. The molecule has 1 aliphatic heterocycles. The van der Waals surface area contributed by atoms with Gasteiger partial charge >= 0.3 is 6.18 Å². The molecule has 1 heterocycles. The zero-order valence-corrected chi connectivity index (χ0v) is 12.5. The molecule has 7 heteroatoms. The molecule has 2 aliphatic rings. The van der Waals surface area contributed by atoms with Gasteiger partial charge in [-0.2, -0.15) is 23.3 Å². The average Bonchev–Trinajstić information content (AvgIpc) is 2.50. The van der Waals surface area contributed by atoms with Crippen molar-refractivity contribution in [3.8, 4) is 0 Å². The number of aliphatic hydroxyl groups is 1. The molecule has 0 bridgehead atoms. The molecular formula is C14H21F3N2O2. The lowest BCUT2D eigenvalue weighted by molar-refractivity contribution is -0.318. The molecule has 4 nitrogen and oxygen atoms in total. The molecule has 120 valence electrons. The van der Waals surface area contributed by atoms with E-state index in [9.17, 15) is 23.1 Å². The number of amides is 1. The first-order valence-electron chi connectivity index (χ1n) is 7.20. The summed E-state index contributed by atoms with van der Waals surface area (Å²) in [6, 6.07) is 0. The van der Waals surface area contributed by atoms with Gasteiger partial charge in [0.2, 0.25) is 0 Å². The Labute approximate surface area is 122 Å². The van der Waals surface area contributed by atoms with Crippen LogP contribution in [-0.2, 0) is 4.79 Å². The molecule has 0 spiro atoms. The van der Waals surface area contributed by atoms with Gasteiger partial charge in [-0.15, -0.1) is 0 Å². The van der Waals surface area contributed by atoms with E-state index in [0.29, 0.717) is 23.6 Å². The number of alkyl halides is 3. The average molecular weight is 306 g/mol. The van der Waals surface area contributed by atoms with E-state index >= 15 is 0 Å². The van der Waals surface area contributed by atoms with Gasteiger partial charge in [0.15, 0.2) is 0 Å². The van der Waals surface area contributed by atoms with E-state index in [1.165, 1.54) is 20.8 Å². The van der Waals surface area contributed by atoms with Crippen molar-refractivity contribution in [2.45, 2.75) is 64.8 Å². The number of rotatable bonds is 0. The monoisotopic (exact) mass is 306 g/mol. The second kappa shape index (κ2) is 4.97. The van der Waals surface area contributed by atoms with E-state index < -0.39 is 29.1 Å². The van der Waals surface area contributed by atoms with E-state index in [1.807, 2.05) is 0 Å². The minimum atomic E-state index is -4.94. The third kappa shape index (κ3) is 2.56. The van der Waals surface area contributed by atoms with E-state index in [2.05, 4.69) is 5.10 Å². The van der Waals surface area contributed by atoms with Crippen LogP contribution in [0.4, 0.5) is 13.2 Å². The molecule has 0 aromatic heterocycles. The van der Waals surface area contributed by atoms with Crippen LogP contribution >= 0.6 is 0 Å². The summed E-state index contributed by atoms with van der Waals surface area (Å²) in [5, 5.41) is 14.6. The molecular weight excluding hydrogens is 285 g/mol. The van der Waals surface area contributed by atoms with Crippen molar-refractivity contribution >= 4 is 11.6 Å². The fourth-order valence-electron chi connectivity index (χ4n) is 2.91. The summed E-state index contributed by atoms with van der Waals surface area (Å²) in [7, 11) is 0. The van der Waals surface area contributed by atoms with Gasteiger partial charge in [0.1, 0.15) is 0 Å². The molecule has 1 N–H and O–H groups in total. The van der Waals surface area contributed by atoms with Gasteiger partial charge in [0.25, 0.3) is 11.6 Å². The Balaban J connectivity index is 2.49. The number of hydrogen-bond donors (Lipinski definition) is 1. The van der Waals surface area contributed by atoms with Gasteiger partial charge in [0, 0.05) is 11.1 Å². The number of halogens is 3. The summed E-state index contributed by atoms with van der Waals surface area (Å²) in [6.07, 6.45) is -2.19. The highest BCUT2D eigenvalue weighted by atomic mass is 19.4. The molecule has 0 radical (unpaired) electrons.